The third-order valence-corrected chi connectivity index (χ3v) is 9.89. The van der Waals surface area contributed by atoms with Gasteiger partial charge in [0.1, 0.15) is 0 Å². The minimum atomic E-state index is -3.71. The predicted octanol–water partition coefficient (Wildman–Crippen LogP) is 3.81. The van der Waals surface area contributed by atoms with Crippen molar-refractivity contribution < 1.29 is 27.4 Å². The monoisotopic (exact) mass is 574 g/mol. The molecule has 2 aliphatic rings. The van der Waals surface area contributed by atoms with Crippen LogP contribution >= 0.6 is 11.3 Å². The summed E-state index contributed by atoms with van der Waals surface area (Å²) in [6.07, 6.45) is -0.367. The molecular weight excluding hydrogens is 540 g/mol. The van der Waals surface area contributed by atoms with Crippen molar-refractivity contribution in [3.8, 4) is 11.5 Å². The Morgan fingerprint density at radius 2 is 1.67 bits per heavy atom. The highest BCUT2D eigenvalue weighted by Gasteiger charge is 2.32. The first-order chi connectivity index (χ1) is 18.7. The maximum absolute atomic E-state index is 13.8. The molecule has 39 heavy (non-hydrogen) atoms. The molecule has 2 aromatic carbocycles. The summed E-state index contributed by atoms with van der Waals surface area (Å²) in [5.74, 6) is 1.07. The molecule has 5 rings (SSSR count). The van der Waals surface area contributed by atoms with Crippen LogP contribution in [0.3, 0.4) is 0 Å². The normalized spacial score (nSPS) is 19.6. The number of carbonyl (C=O) groups excluding carboxylic acids is 1. The minimum absolute atomic E-state index is 0.157. The van der Waals surface area contributed by atoms with Gasteiger partial charge in [-0.15, -0.1) is 0 Å². The van der Waals surface area contributed by atoms with Crippen LogP contribution in [0.15, 0.2) is 41.3 Å². The van der Waals surface area contributed by atoms with Crippen LogP contribution in [0.1, 0.15) is 38.1 Å². The Kier molecular flexibility index (Phi) is 8.11. The second kappa shape index (κ2) is 11.4. The fraction of sp³-hybridized carbons (Fsp3) is 0.481. The van der Waals surface area contributed by atoms with Gasteiger partial charge < -0.3 is 19.1 Å². The molecular formula is C27H34N4O6S2. The highest BCUT2D eigenvalue weighted by atomic mass is 32.2. The largest absolute Gasteiger partial charge is 0.454 e. The van der Waals surface area contributed by atoms with E-state index in [-0.39, 0.29) is 29.8 Å². The van der Waals surface area contributed by atoms with E-state index in [1.807, 2.05) is 26.0 Å². The molecule has 1 fully saturated rings. The van der Waals surface area contributed by atoms with Crippen LogP contribution < -0.4 is 14.4 Å². The number of benzene rings is 2. The fourth-order valence-corrected chi connectivity index (χ4v) is 7.48. The van der Waals surface area contributed by atoms with Gasteiger partial charge in [0, 0.05) is 43.9 Å². The van der Waals surface area contributed by atoms with Gasteiger partial charge in [0.25, 0.3) is 5.91 Å². The third kappa shape index (κ3) is 5.75. The Balaban J connectivity index is 1.42. The summed E-state index contributed by atoms with van der Waals surface area (Å²) in [6, 6.07) is 9.89. The second-order valence-electron chi connectivity index (χ2n) is 9.76. The number of ether oxygens (including phenoxy) is 3. The summed E-state index contributed by atoms with van der Waals surface area (Å²) in [5, 5.41) is 0.568. The van der Waals surface area contributed by atoms with E-state index in [2.05, 4.69) is 18.7 Å². The summed E-state index contributed by atoms with van der Waals surface area (Å²) in [5.41, 5.74) is 1.13. The maximum Gasteiger partial charge on any atom is 0.260 e. The average molecular weight is 575 g/mol. The van der Waals surface area contributed by atoms with Gasteiger partial charge in [0.15, 0.2) is 16.6 Å². The third-order valence-electron chi connectivity index (χ3n) is 7.01. The molecule has 3 aromatic rings. The van der Waals surface area contributed by atoms with Crippen LogP contribution in [-0.2, 0) is 14.8 Å². The first kappa shape index (κ1) is 27.8. The van der Waals surface area contributed by atoms with E-state index in [0.717, 1.165) is 23.3 Å². The van der Waals surface area contributed by atoms with Gasteiger partial charge in [-0.3, -0.25) is 9.69 Å². The number of fused-ring (bicyclic) bond motifs is 2. The van der Waals surface area contributed by atoms with Crippen molar-refractivity contribution in [1.82, 2.24) is 14.2 Å². The molecule has 3 heterocycles. The number of hydrogen-bond acceptors (Lipinski definition) is 9. The van der Waals surface area contributed by atoms with Crippen molar-refractivity contribution in [3.63, 3.8) is 0 Å². The smallest absolute Gasteiger partial charge is 0.260 e. The molecule has 2 unspecified atom stereocenters. The lowest BCUT2D eigenvalue weighted by Gasteiger charge is -2.34. The molecule has 1 aromatic heterocycles. The number of rotatable bonds is 9. The Morgan fingerprint density at radius 1 is 1.03 bits per heavy atom. The van der Waals surface area contributed by atoms with Crippen LogP contribution in [0, 0.1) is 0 Å². The number of sulfonamides is 1. The molecule has 1 amide bonds. The van der Waals surface area contributed by atoms with Gasteiger partial charge in [0.2, 0.25) is 16.8 Å². The number of morpholine rings is 1. The standard InChI is InChI=1S/C27H34N4O6S2/c1-5-29(6-2)11-12-31(27-28-22-13-23-24(36-17-35-23)14-25(22)38-27)26(32)20-7-9-21(10-8-20)39(33,34)30-15-18(3)37-19(4)16-30/h7-10,13-14,18-19H,5-6,11-12,15-17H2,1-4H3. The molecule has 0 aliphatic carbocycles. The van der Waals surface area contributed by atoms with Gasteiger partial charge in [-0.05, 0) is 51.2 Å². The molecule has 10 nitrogen and oxygen atoms in total. The Hall–Kier alpha value is -2.77. The highest BCUT2D eigenvalue weighted by Crippen LogP contribution is 2.40. The lowest BCUT2D eigenvalue weighted by atomic mass is 10.2. The van der Waals surface area contributed by atoms with Gasteiger partial charge in [0.05, 0.1) is 27.3 Å². The van der Waals surface area contributed by atoms with E-state index in [1.54, 1.807) is 17.0 Å². The first-order valence-corrected chi connectivity index (χ1v) is 15.4. The number of thiazole rings is 1. The second-order valence-corrected chi connectivity index (χ2v) is 12.7. The fourth-order valence-electron chi connectivity index (χ4n) is 4.89. The van der Waals surface area contributed by atoms with E-state index in [9.17, 15) is 13.2 Å². The zero-order valence-corrected chi connectivity index (χ0v) is 24.3. The van der Waals surface area contributed by atoms with Crippen molar-refractivity contribution in [2.75, 3.05) is 51.0 Å². The number of likely N-dealkylation sites (N-methyl/N-ethyl adjacent to an activating group) is 1. The van der Waals surface area contributed by atoms with E-state index >= 15 is 0 Å². The van der Waals surface area contributed by atoms with Gasteiger partial charge >= 0.3 is 0 Å². The van der Waals surface area contributed by atoms with Crippen molar-refractivity contribution in [2.45, 2.75) is 44.8 Å². The van der Waals surface area contributed by atoms with Crippen LogP contribution in [0.4, 0.5) is 5.13 Å². The number of nitrogens with zero attached hydrogens (tertiary/aromatic N) is 4. The quantitative estimate of drug-likeness (QED) is 0.380. The number of carbonyl (C=O) groups is 1. The van der Waals surface area contributed by atoms with E-state index in [0.29, 0.717) is 48.4 Å². The van der Waals surface area contributed by atoms with Crippen molar-refractivity contribution in [2.24, 2.45) is 0 Å². The number of anilines is 1. The summed E-state index contributed by atoms with van der Waals surface area (Å²) in [4.78, 5) is 22.6. The molecule has 210 valence electrons. The summed E-state index contributed by atoms with van der Waals surface area (Å²) >= 11 is 1.41. The van der Waals surface area contributed by atoms with Crippen molar-refractivity contribution >= 4 is 42.6 Å². The summed E-state index contributed by atoms with van der Waals surface area (Å²) in [6.45, 7) is 11.5. The first-order valence-electron chi connectivity index (χ1n) is 13.2. The molecule has 0 radical (unpaired) electrons. The lowest BCUT2D eigenvalue weighted by molar-refractivity contribution is -0.0440. The van der Waals surface area contributed by atoms with E-state index in [4.69, 9.17) is 19.2 Å². The molecule has 0 saturated carbocycles. The number of amides is 1. The van der Waals surface area contributed by atoms with Crippen molar-refractivity contribution in [1.29, 1.82) is 0 Å². The average Bonchev–Trinajstić information content (AvgIpc) is 3.55. The predicted molar refractivity (Wildman–Crippen MR) is 150 cm³/mol. The minimum Gasteiger partial charge on any atom is -0.454 e. The Labute approximate surface area is 233 Å². The lowest BCUT2D eigenvalue weighted by Crippen LogP contribution is -2.48. The van der Waals surface area contributed by atoms with Crippen LogP contribution in [0.25, 0.3) is 10.2 Å². The zero-order chi connectivity index (χ0) is 27.7. The van der Waals surface area contributed by atoms with Crippen LogP contribution in [-0.4, -0.2) is 86.8 Å². The van der Waals surface area contributed by atoms with E-state index in [1.165, 1.54) is 27.8 Å². The topological polar surface area (TPSA) is 102 Å². The Morgan fingerprint density at radius 3 is 2.31 bits per heavy atom. The molecule has 2 aliphatic heterocycles. The maximum atomic E-state index is 13.8. The van der Waals surface area contributed by atoms with Crippen LogP contribution in [0.5, 0.6) is 11.5 Å². The molecule has 0 bridgehead atoms. The van der Waals surface area contributed by atoms with Crippen molar-refractivity contribution in [3.05, 3.63) is 42.0 Å². The number of aromatic nitrogens is 1. The highest BCUT2D eigenvalue weighted by molar-refractivity contribution is 7.89. The van der Waals surface area contributed by atoms with E-state index < -0.39 is 10.0 Å². The molecule has 1 saturated heterocycles. The molecule has 2 atom stereocenters. The van der Waals surface area contributed by atoms with Crippen LogP contribution in [0.2, 0.25) is 0 Å². The van der Waals surface area contributed by atoms with Gasteiger partial charge in [-0.1, -0.05) is 25.2 Å². The number of hydrogen-bond donors (Lipinski definition) is 0. The zero-order valence-electron chi connectivity index (χ0n) is 22.6. The molecule has 0 N–H and O–H groups in total. The van der Waals surface area contributed by atoms with Gasteiger partial charge in [-0.25, -0.2) is 13.4 Å². The summed E-state index contributed by atoms with van der Waals surface area (Å²) in [7, 11) is -3.71. The SMILES string of the molecule is CCN(CC)CCN(C(=O)c1ccc(S(=O)(=O)N2CC(C)OC(C)C2)cc1)c1nc2cc3c(cc2s1)OCO3. The molecule has 0 spiro atoms. The Bertz CT molecular complexity index is 1390. The van der Waals surface area contributed by atoms with Gasteiger partial charge in [-0.2, -0.15) is 4.31 Å². The summed E-state index contributed by atoms with van der Waals surface area (Å²) < 4.78 is 45.6. The molecule has 12 heteroatoms.